The number of nitrogens with one attached hydrogen (secondary N) is 1. The third-order valence-electron chi connectivity index (χ3n) is 4.54. The fourth-order valence-corrected chi connectivity index (χ4v) is 3.11. The second-order valence-corrected chi connectivity index (χ2v) is 6.44. The van der Waals surface area contributed by atoms with Crippen molar-refractivity contribution in [3.63, 3.8) is 0 Å². The third-order valence-corrected chi connectivity index (χ3v) is 4.54. The summed E-state index contributed by atoms with van der Waals surface area (Å²) in [6.45, 7) is 0. The molecule has 152 valence electrons. The van der Waals surface area contributed by atoms with E-state index < -0.39 is 5.91 Å². The monoisotopic (exact) mass is 422 g/mol. The number of ketones is 1. The zero-order valence-corrected chi connectivity index (χ0v) is 16.9. The fourth-order valence-electron chi connectivity index (χ4n) is 3.11. The Bertz CT molecular complexity index is 1170. The predicted octanol–water partition coefficient (Wildman–Crippen LogP) is 4.94. The number of anilines is 1. The molecule has 0 radical (unpaired) electrons. The van der Waals surface area contributed by atoms with Gasteiger partial charge in [-0.05, 0) is 48.0 Å². The minimum Gasteiger partial charge on any atom is -0.493 e. The number of carbonyl (C=O) groups excluding carboxylic acids is 2. The van der Waals surface area contributed by atoms with Gasteiger partial charge in [0.1, 0.15) is 0 Å². The number of carbonyl (C=O) groups is 2. The number of halogens is 1. The number of aromatic nitrogens is 1. The van der Waals surface area contributed by atoms with E-state index in [-0.39, 0.29) is 30.4 Å². The van der Waals surface area contributed by atoms with E-state index in [0.717, 1.165) is 5.56 Å². The molecule has 0 bridgehead atoms. The van der Waals surface area contributed by atoms with Gasteiger partial charge in [-0.25, -0.2) is 0 Å². The number of ether oxygens (including phenoxy) is 1. The van der Waals surface area contributed by atoms with Crippen LogP contribution < -0.4 is 10.1 Å². The second-order valence-electron chi connectivity index (χ2n) is 6.44. The van der Waals surface area contributed by atoms with E-state index in [1.54, 1.807) is 54.9 Å². The summed E-state index contributed by atoms with van der Waals surface area (Å²) in [5.41, 5.74) is 2.35. The van der Waals surface area contributed by atoms with Crippen LogP contribution in [0.5, 0.6) is 5.75 Å². The molecule has 7 heteroatoms. The van der Waals surface area contributed by atoms with Crippen molar-refractivity contribution in [2.24, 2.45) is 0 Å². The summed E-state index contributed by atoms with van der Waals surface area (Å²) in [5, 5.41) is 3.32. The lowest BCUT2D eigenvalue weighted by molar-refractivity contribution is 0.0988. The Hall–Kier alpha value is -3.64. The van der Waals surface area contributed by atoms with Gasteiger partial charge in [-0.1, -0.05) is 18.2 Å². The average Bonchev–Trinajstić information content (AvgIpc) is 3.20. The SMILES string of the molecule is COc1ccc(C(=O)Cc2ccncc2)c2cc(C(=O)Nc3ccccc3)oc12.Cl. The van der Waals surface area contributed by atoms with E-state index in [2.05, 4.69) is 10.3 Å². The molecule has 6 nitrogen and oxygen atoms in total. The number of hydrogen-bond acceptors (Lipinski definition) is 5. The zero-order chi connectivity index (χ0) is 20.2. The highest BCUT2D eigenvalue weighted by atomic mass is 35.5. The summed E-state index contributed by atoms with van der Waals surface area (Å²) in [4.78, 5) is 29.5. The van der Waals surface area contributed by atoms with Gasteiger partial charge in [0.2, 0.25) is 0 Å². The number of hydrogen-bond donors (Lipinski definition) is 1. The van der Waals surface area contributed by atoms with Gasteiger partial charge in [-0.3, -0.25) is 14.6 Å². The van der Waals surface area contributed by atoms with Crippen molar-refractivity contribution < 1.29 is 18.7 Å². The lowest BCUT2D eigenvalue weighted by atomic mass is 10.0. The van der Waals surface area contributed by atoms with Crippen LogP contribution in [0.15, 0.2) is 77.5 Å². The van der Waals surface area contributed by atoms with Gasteiger partial charge < -0.3 is 14.5 Å². The maximum absolute atomic E-state index is 12.9. The molecule has 1 amide bonds. The number of para-hydroxylation sites is 1. The van der Waals surface area contributed by atoms with Crippen LogP contribution in [0.2, 0.25) is 0 Å². The van der Waals surface area contributed by atoms with Crippen molar-refractivity contribution in [3.05, 3.63) is 89.9 Å². The molecule has 2 aromatic carbocycles. The van der Waals surface area contributed by atoms with Gasteiger partial charge >= 0.3 is 0 Å². The molecular weight excluding hydrogens is 404 g/mol. The molecular formula is C23H19ClN2O4. The second kappa shape index (κ2) is 9.24. The summed E-state index contributed by atoms with van der Waals surface area (Å²) < 4.78 is 11.1. The third kappa shape index (κ3) is 4.34. The molecule has 0 aliphatic rings. The molecule has 4 aromatic rings. The minimum absolute atomic E-state index is 0. The molecule has 0 aliphatic carbocycles. The average molecular weight is 423 g/mol. The molecule has 0 atom stereocenters. The molecule has 0 spiro atoms. The minimum atomic E-state index is -0.401. The molecule has 0 aliphatic heterocycles. The van der Waals surface area contributed by atoms with Crippen LogP contribution in [-0.4, -0.2) is 23.8 Å². The standard InChI is InChI=1S/C23H18N2O4.ClH/c1-28-20-8-7-17(19(26)13-15-9-11-24-12-10-15)18-14-21(29-22(18)20)23(27)25-16-5-3-2-4-6-16;/h2-12,14H,13H2,1H3,(H,25,27);1H. The molecule has 0 fully saturated rings. The molecule has 2 aromatic heterocycles. The summed E-state index contributed by atoms with van der Waals surface area (Å²) >= 11 is 0. The number of pyridine rings is 1. The molecule has 0 saturated carbocycles. The molecule has 1 N–H and O–H groups in total. The van der Waals surface area contributed by atoms with Crippen LogP contribution in [0.3, 0.4) is 0 Å². The number of Topliss-reactive ketones (excluding diaryl/α,β-unsaturated/α-hetero) is 1. The van der Waals surface area contributed by atoms with E-state index >= 15 is 0 Å². The van der Waals surface area contributed by atoms with Crippen LogP contribution >= 0.6 is 12.4 Å². The van der Waals surface area contributed by atoms with Gasteiger partial charge in [0.15, 0.2) is 22.9 Å². The smallest absolute Gasteiger partial charge is 0.291 e. The van der Waals surface area contributed by atoms with E-state index in [1.165, 1.54) is 7.11 Å². The first-order valence-electron chi connectivity index (χ1n) is 9.05. The fraction of sp³-hybridized carbons (Fsp3) is 0.0870. The summed E-state index contributed by atoms with van der Waals surface area (Å²) in [6.07, 6.45) is 3.52. The highest BCUT2D eigenvalue weighted by molar-refractivity contribution is 6.12. The van der Waals surface area contributed by atoms with Crippen molar-refractivity contribution in [2.75, 3.05) is 12.4 Å². The van der Waals surface area contributed by atoms with Gasteiger partial charge in [0.25, 0.3) is 5.91 Å². The summed E-state index contributed by atoms with van der Waals surface area (Å²) in [5.74, 6) is 0.0761. The Morgan fingerprint density at radius 1 is 1.03 bits per heavy atom. The number of fused-ring (bicyclic) bond motifs is 1. The van der Waals surface area contributed by atoms with E-state index in [0.29, 0.717) is 28.0 Å². The van der Waals surface area contributed by atoms with Crippen molar-refractivity contribution in [2.45, 2.75) is 6.42 Å². The summed E-state index contributed by atoms with van der Waals surface area (Å²) in [6, 6.07) is 17.6. The van der Waals surface area contributed by atoms with Crippen LogP contribution in [0.4, 0.5) is 5.69 Å². The Labute approximate surface area is 179 Å². The maximum Gasteiger partial charge on any atom is 0.291 e. The van der Waals surface area contributed by atoms with E-state index in [9.17, 15) is 9.59 Å². The van der Waals surface area contributed by atoms with Crippen molar-refractivity contribution in [1.29, 1.82) is 0 Å². The topological polar surface area (TPSA) is 81.4 Å². The van der Waals surface area contributed by atoms with Crippen LogP contribution in [0, 0.1) is 0 Å². The highest BCUT2D eigenvalue weighted by Gasteiger charge is 2.20. The number of nitrogens with zero attached hydrogens (tertiary/aromatic N) is 1. The van der Waals surface area contributed by atoms with Crippen molar-refractivity contribution >= 4 is 40.8 Å². The molecule has 4 rings (SSSR count). The van der Waals surface area contributed by atoms with Crippen molar-refractivity contribution in [1.82, 2.24) is 4.98 Å². The van der Waals surface area contributed by atoms with E-state index in [1.807, 2.05) is 18.2 Å². The van der Waals surface area contributed by atoms with Gasteiger partial charge in [-0.2, -0.15) is 0 Å². The van der Waals surface area contributed by atoms with Gasteiger partial charge in [-0.15, -0.1) is 12.4 Å². The molecule has 2 heterocycles. The lowest BCUT2D eigenvalue weighted by Crippen LogP contribution is -2.10. The maximum atomic E-state index is 12.9. The first-order valence-corrected chi connectivity index (χ1v) is 9.05. The molecule has 0 saturated heterocycles. The number of amides is 1. The van der Waals surface area contributed by atoms with Crippen LogP contribution in [0.1, 0.15) is 26.5 Å². The normalized spacial score (nSPS) is 10.3. The predicted molar refractivity (Wildman–Crippen MR) is 117 cm³/mol. The molecule has 0 unspecified atom stereocenters. The highest BCUT2D eigenvalue weighted by Crippen LogP contribution is 2.32. The van der Waals surface area contributed by atoms with Gasteiger partial charge in [0, 0.05) is 35.5 Å². The summed E-state index contributed by atoms with van der Waals surface area (Å²) in [7, 11) is 1.51. The molecule has 30 heavy (non-hydrogen) atoms. The Morgan fingerprint density at radius 2 is 1.77 bits per heavy atom. The number of furan rings is 1. The first kappa shape index (κ1) is 21.1. The zero-order valence-electron chi connectivity index (χ0n) is 16.1. The Kier molecular flexibility index (Phi) is 6.49. The van der Waals surface area contributed by atoms with Crippen molar-refractivity contribution in [3.8, 4) is 5.75 Å². The number of methoxy groups -OCH3 is 1. The lowest BCUT2D eigenvalue weighted by Gasteiger charge is -2.05. The van der Waals surface area contributed by atoms with E-state index in [4.69, 9.17) is 9.15 Å². The van der Waals surface area contributed by atoms with Crippen LogP contribution in [0.25, 0.3) is 11.0 Å². The van der Waals surface area contributed by atoms with Gasteiger partial charge in [0.05, 0.1) is 7.11 Å². The quantitative estimate of drug-likeness (QED) is 0.445. The Balaban J connectivity index is 0.00000256. The number of benzene rings is 2. The Morgan fingerprint density at radius 3 is 2.47 bits per heavy atom. The number of rotatable bonds is 6. The largest absolute Gasteiger partial charge is 0.493 e. The van der Waals surface area contributed by atoms with Crippen LogP contribution in [-0.2, 0) is 6.42 Å². The first-order chi connectivity index (χ1) is 14.2.